The third-order valence-corrected chi connectivity index (χ3v) is 4.43. The van der Waals surface area contributed by atoms with Crippen molar-refractivity contribution < 1.29 is 4.79 Å². The molecule has 0 atom stereocenters. The third kappa shape index (κ3) is 4.14. The smallest absolute Gasteiger partial charge is 0.239 e. The number of benzene rings is 1. The Kier molecular flexibility index (Phi) is 4.72. The molecule has 0 unspecified atom stereocenters. The van der Waals surface area contributed by atoms with Gasteiger partial charge in [0, 0.05) is 16.5 Å². The van der Waals surface area contributed by atoms with Crippen LogP contribution in [0.25, 0.3) is 21.3 Å². The number of nitrogens with one attached hydrogen (secondary N) is 2. The molecule has 0 bridgehead atoms. The second-order valence-corrected chi connectivity index (χ2v) is 7.82. The Morgan fingerprint density at radius 2 is 1.88 bits per heavy atom. The average Bonchev–Trinajstić information content (AvgIpc) is 2.95. The number of aryl methyl sites for hydroxylation is 1. The minimum absolute atomic E-state index is 0.0617. The topological polar surface area (TPSA) is 66.9 Å². The lowest BCUT2D eigenvalue weighted by Gasteiger charge is -2.20. The van der Waals surface area contributed by atoms with Crippen molar-refractivity contribution in [3.63, 3.8) is 0 Å². The molecule has 5 nitrogen and oxygen atoms in total. The highest BCUT2D eigenvalue weighted by molar-refractivity contribution is 7.17. The number of aromatic nitrogens is 2. The van der Waals surface area contributed by atoms with Gasteiger partial charge >= 0.3 is 0 Å². The van der Waals surface area contributed by atoms with E-state index >= 15 is 0 Å². The quantitative estimate of drug-likeness (QED) is 0.743. The largest absolute Gasteiger partial charge is 0.360 e. The van der Waals surface area contributed by atoms with Gasteiger partial charge in [0.2, 0.25) is 5.91 Å². The predicted octanol–water partition coefficient (Wildman–Crippen LogP) is 3.99. The molecule has 2 N–H and O–H groups in total. The van der Waals surface area contributed by atoms with Gasteiger partial charge in [0.25, 0.3) is 0 Å². The number of nitrogens with zero attached hydrogens (tertiary/aromatic N) is 2. The van der Waals surface area contributed by atoms with Crippen LogP contribution >= 0.6 is 11.3 Å². The molecular formula is C19H22N4OS. The molecule has 0 saturated carbocycles. The zero-order chi connectivity index (χ0) is 18.0. The van der Waals surface area contributed by atoms with E-state index in [-0.39, 0.29) is 18.0 Å². The summed E-state index contributed by atoms with van der Waals surface area (Å²) in [6, 6.07) is 10.2. The predicted molar refractivity (Wildman–Crippen MR) is 104 cm³/mol. The van der Waals surface area contributed by atoms with Crippen molar-refractivity contribution in [1.29, 1.82) is 0 Å². The van der Waals surface area contributed by atoms with Gasteiger partial charge in [-0.15, -0.1) is 11.3 Å². The number of fused-ring (bicyclic) bond motifs is 1. The van der Waals surface area contributed by atoms with Crippen molar-refractivity contribution in [3.05, 3.63) is 41.5 Å². The van der Waals surface area contributed by atoms with Crippen LogP contribution in [0, 0.1) is 6.92 Å². The summed E-state index contributed by atoms with van der Waals surface area (Å²) >= 11 is 1.59. The van der Waals surface area contributed by atoms with E-state index in [0.717, 1.165) is 21.3 Å². The molecule has 1 aromatic carbocycles. The van der Waals surface area contributed by atoms with Gasteiger partial charge in [-0.1, -0.05) is 30.3 Å². The van der Waals surface area contributed by atoms with Crippen LogP contribution in [0.15, 0.2) is 35.7 Å². The Labute approximate surface area is 151 Å². The molecule has 3 aromatic rings. The van der Waals surface area contributed by atoms with Gasteiger partial charge in [0.1, 0.15) is 16.5 Å². The van der Waals surface area contributed by atoms with Gasteiger partial charge in [-0.3, -0.25) is 4.79 Å². The zero-order valence-corrected chi connectivity index (χ0v) is 15.7. The van der Waals surface area contributed by atoms with E-state index in [1.165, 1.54) is 0 Å². The SMILES string of the molecule is Cc1nc(NCC(=O)NC(C)(C)C)c2c(-c3ccccc3)csc2n1. The Morgan fingerprint density at radius 1 is 1.16 bits per heavy atom. The van der Waals surface area contributed by atoms with Crippen LogP contribution in [0.1, 0.15) is 26.6 Å². The van der Waals surface area contributed by atoms with E-state index in [2.05, 4.69) is 38.1 Å². The lowest BCUT2D eigenvalue weighted by Crippen LogP contribution is -2.43. The molecule has 3 rings (SSSR count). The fourth-order valence-corrected chi connectivity index (χ4v) is 3.63. The highest BCUT2D eigenvalue weighted by atomic mass is 32.1. The first-order chi connectivity index (χ1) is 11.8. The first kappa shape index (κ1) is 17.4. The minimum Gasteiger partial charge on any atom is -0.360 e. The number of hydrogen-bond acceptors (Lipinski definition) is 5. The van der Waals surface area contributed by atoms with Crippen molar-refractivity contribution in [2.75, 3.05) is 11.9 Å². The van der Waals surface area contributed by atoms with Crippen LogP contribution in [0.4, 0.5) is 5.82 Å². The van der Waals surface area contributed by atoms with E-state index in [4.69, 9.17) is 0 Å². The second kappa shape index (κ2) is 6.80. The maximum absolute atomic E-state index is 12.1. The van der Waals surface area contributed by atoms with Crippen LogP contribution < -0.4 is 10.6 Å². The molecule has 0 radical (unpaired) electrons. The first-order valence-corrected chi connectivity index (χ1v) is 9.07. The van der Waals surface area contributed by atoms with Gasteiger partial charge in [-0.05, 0) is 33.3 Å². The molecule has 2 heterocycles. The van der Waals surface area contributed by atoms with Gasteiger partial charge in [0.15, 0.2) is 0 Å². The standard InChI is InChI=1S/C19H22N4OS/c1-12-21-17(20-10-15(24)23-19(2,3)4)16-14(11-25-18(16)22-12)13-8-6-5-7-9-13/h5-9,11H,10H2,1-4H3,(H,23,24)(H,20,21,22). The first-order valence-electron chi connectivity index (χ1n) is 8.19. The molecule has 25 heavy (non-hydrogen) atoms. The highest BCUT2D eigenvalue weighted by Crippen LogP contribution is 2.36. The number of hydrogen-bond donors (Lipinski definition) is 2. The normalized spacial score (nSPS) is 11.5. The summed E-state index contributed by atoms with van der Waals surface area (Å²) in [5, 5.41) is 9.20. The summed E-state index contributed by atoms with van der Waals surface area (Å²) in [4.78, 5) is 22.1. The summed E-state index contributed by atoms with van der Waals surface area (Å²) in [7, 11) is 0. The summed E-state index contributed by atoms with van der Waals surface area (Å²) < 4.78 is 0. The average molecular weight is 354 g/mol. The number of thiophene rings is 1. The minimum atomic E-state index is -0.257. The molecule has 0 aliphatic rings. The van der Waals surface area contributed by atoms with Crippen molar-refractivity contribution in [3.8, 4) is 11.1 Å². The monoisotopic (exact) mass is 354 g/mol. The summed E-state index contributed by atoms with van der Waals surface area (Å²) in [5.41, 5.74) is 1.94. The Balaban J connectivity index is 1.94. The van der Waals surface area contributed by atoms with E-state index in [1.54, 1.807) is 11.3 Å². The van der Waals surface area contributed by atoms with Gasteiger partial charge in [-0.25, -0.2) is 9.97 Å². The van der Waals surface area contributed by atoms with Crippen molar-refractivity contribution >= 4 is 33.3 Å². The van der Waals surface area contributed by atoms with Gasteiger partial charge in [-0.2, -0.15) is 0 Å². The van der Waals surface area contributed by atoms with Crippen LogP contribution in [-0.4, -0.2) is 28.0 Å². The summed E-state index contributed by atoms with van der Waals surface area (Å²) in [5.74, 6) is 1.33. The molecule has 0 spiro atoms. The van der Waals surface area contributed by atoms with Crippen molar-refractivity contribution in [2.24, 2.45) is 0 Å². The lowest BCUT2D eigenvalue weighted by molar-refractivity contribution is -0.120. The lowest BCUT2D eigenvalue weighted by atomic mass is 10.1. The molecule has 0 fully saturated rings. The zero-order valence-electron chi connectivity index (χ0n) is 14.9. The molecule has 2 aromatic heterocycles. The van der Waals surface area contributed by atoms with Gasteiger partial charge in [0.05, 0.1) is 11.9 Å². The maximum Gasteiger partial charge on any atom is 0.239 e. The summed E-state index contributed by atoms with van der Waals surface area (Å²) in [6.07, 6.45) is 0. The molecule has 6 heteroatoms. The van der Waals surface area contributed by atoms with Crippen LogP contribution in [-0.2, 0) is 4.79 Å². The fraction of sp³-hybridized carbons (Fsp3) is 0.316. The summed E-state index contributed by atoms with van der Waals surface area (Å²) in [6.45, 7) is 7.92. The van der Waals surface area contributed by atoms with E-state index in [9.17, 15) is 4.79 Å². The number of amides is 1. The van der Waals surface area contributed by atoms with E-state index in [1.807, 2.05) is 45.9 Å². The highest BCUT2D eigenvalue weighted by Gasteiger charge is 2.17. The number of carbonyl (C=O) groups is 1. The molecule has 0 saturated heterocycles. The molecule has 0 aliphatic carbocycles. The number of rotatable bonds is 4. The second-order valence-electron chi connectivity index (χ2n) is 6.97. The maximum atomic E-state index is 12.1. The van der Waals surface area contributed by atoms with Crippen LogP contribution in [0.3, 0.4) is 0 Å². The third-order valence-electron chi connectivity index (χ3n) is 3.56. The van der Waals surface area contributed by atoms with Gasteiger partial charge < -0.3 is 10.6 Å². The number of anilines is 1. The Morgan fingerprint density at radius 3 is 2.56 bits per heavy atom. The van der Waals surface area contributed by atoms with Crippen LogP contribution in [0.2, 0.25) is 0 Å². The van der Waals surface area contributed by atoms with Crippen molar-refractivity contribution in [1.82, 2.24) is 15.3 Å². The Bertz CT molecular complexity index is 897. The van der Waals surface area contributed by atoms with E-state index in [0.29, 0.717) is 11.6 Å². The van der Waals surface area contributed by atoms with Crippen molar-refractivity contribution in [2.45, 2.75) is 33.2 Å². The molecular weight excluding hydrogens is 332 g/mol. The molecule has 130 valence electrons. The van der Waals surface area contributed by atoms with E-state index < -0.39 is 0 Å². The number of carbonyl (C=O) groups excluding carboxylic acids is 1. The molecule has 1 amide bonds. The Hall–Kier alpha value is -2.47. The fourth-order valence-electron chi connectivity index (χ4n) is 2.63. The van der Waals surface area contributed by atoms with Crippen LogP contribution in [0.5, 0.6) is 0 Å². The molecule has 0 aliphatic heterocycles.